The summed E-state index contributed by atoms with van der Waals surface area (Å²) < 4.78 is 18.9. The van der Waals surface area contributed by atoms with Gasteiger partial charge < -0.3 is 15.4 Å². The third kappa shape index (κ3) is 6.47. The van der Waals surface area contributed by atoms with E-state index in [0.717, 1.165) is 24.5 Å². The van der Waals surface area contributed by atoms with Gasteiger partial charge in [-0.3, -0.25) is 4.99 Å². The fourth-order valence-electron chi connectivity index (χ4n) is 1.81. The van der Waals surface area contributed by atoms with Gasteiger partial charge in [0.2, 0.25) is 0 Å². The minimum Gasteiger partial charge on any atom is -0.491 e. The molecule has 0 amide bonds. The molecule has 0 spiro atoms. The summed E-state index contributed by atoms with van der Waals surface area (Å²) in [6.07, 6.45) is 1.08. The number of ether oxygens (including phenoxy) is 1. The molecule has 1 rings (SSSR count). The number of halogens is 1. The Morgan fingerprint density at radius 3 is 2.67 bits per heavy atom. The Bertz CT molecular complexity index is 461. The SMILES string of the molecule is CCOc1ccc(CNC(=NC)NCCC(C)C)cc1F. The van der Waals surface area contributed by atoms with Crippen LogP contribution >= 0.6 is 0 Å². The summed E-state index contributed by atoms with van der Waals surface area (Å²) in [5, 5.41) is 6.41. The number of benzene rings is 1. The molecule has 5 heteroatoms. The molecular weight excluding hydrogens is 269 g/mol. The van der Waals surface area contributed by atoms with Crippen molar-refractivity contribution >= 4 is 5.96 Å². The maximum Gasteiger partial charge on any atom is 0.191 e. The van der Waals surface area contributed by atoms with E-state index in [1.54, 1.807) is 13.1 Å². The molecule has 0 atom stereocenters. The number of aliphatic imine (C=N–C) groups is 1. The molecule has 0 bridgehead atoms. The summed E-state index contributed by atoms with van der Waals surface area (Å²) in [5.74, 6) is 1.33. The van der Waals surface area contributed by atoms with Gasteiger partial charge in [0.15, 0.2) is 17.5 Å². The molecule has 0 fully saturated rings. The molecule has 0 aliphatic heterocycles. The number of guanidine groups is 1. The molecule has 21 heavy (non-hydrogen) atoms. The summed E-state index contributed by atoms with van der Waals surface area (Å²) in [6.45, 7) is 8.05. The van der Waals surface area contributed by atoms with Gasteiger partial charge in [-0.05, 0) is 37.0 Å². The second-order valence-corrected chi connectivity index (χ2v) is 5.23. The van der Waals surface area contributed by atoms with E-state index >= 15 is 0 Å². The smallest absolute Gasteiger partial charge is 0.191 e. The third-order valence-electron chi connectivity index (χ3n) is 2.99. The van der Waals surface area contributed by atoms with Crippen LogP contribution in [0.4, 0.5) is 4.39 Å². The van der Waals surface area contributed by atoms with E-state index in [1.165, 1.54) is 6.07 Å². The van der Waals surface area contributed by atoms with Crippen LogP contribution in [0.5, 0.6) is 5.75 Å². The van der Waals surface area contributed by atoms with Crippen molar-refractivity contribution in [3.63, 3.8) is 0 Å². The maximum absolute atomic E-state index is 13.7. The monoisotopic (exact) mass is 295 g/mol. The Balaban J connectivity index is 2.47. The standard InChI is InChI=1S/C16H26FN3O/c1-5-21-15-7-6-13(10-14(15)17)11-20-16(18-4)19-9-8-12(2)3/h6-7,10,12H,5,8-9,11H2,1-4H3,(H2,18,19,20). The van der Waals surface area contributed by atoms with Crippen molar-refractivity contribution in [3.05, 3.63) is 29.6 Å². The second-order valence-electron chi connectivity index (χ2n) is 5.23. The molecule has 1 aromatic carbocycles. The highest BCUT2D eigenvalue weighted by Crippen LogP contribution is 2.18. The number of hydrogen-bond acceptors (Lipinski definition) is 2. The van der Waals surface area contributed by atoms with E-state index in [4.69, 9.17) is 4.74 Å². The van der Waals surface area contributed by atoms with Crippen molar-refractivity contribution in [1.29, 1.82) is 0 Å². The lowest BCUT2D eigenvalue weighted by Gasteiger charge is -2.13. The molecule has 0 aliphatic carbocycles. The molecule has 4 nitrogen and oxygen atoms in total. The van der Waals surface area contributed by atoms with Crippen LogP contribution in [0.15, 0.2) is 23.2 Å². The van der Waals surface area contributed by atoms with Crippen LogP contribution in [0.3, 0.4) is 0 Å². The molecule has 0 aromatic heterocycles. The van der Waals surface area contributed by atoms with E-state index < -0.39 is 0 Å². The van der Waals surface area contributed by atoms with E-state index in [0.29, 0.717) is 24.8 Å². The average Bonchev–Trinajstić information content (AvgIpc) is 2.45. The summed E-state index contributed by atoms with van der Waals surface area (Å²) in [6, 6.07) is 4.99. The molecule has 118 valence electrons. The molecule has 0 saturated heterocycles. The van der Waals surface area contributed by atoms with Gasteiger partial charge in [0.05, 0.1) is 6.61 Å². The van der Waals surface area contributed by atoms with Gasteiger partial charge in [-0.15, -0.1) is 0 Å². The summed E-state index contributed by atoms with van der Waals surface area (Å²) >= 11 is 0. The third-order valence-corrected chi connectivity index (χ3v) is 2.99. The number of nitrogens with zero attached hydrogens (tertiary/aromatic N) is 1. The van der Waals surface area contributed by atoms with Gasteiger partial charge in [-0.25, -0.2) is 4.39 Å². The largest absolute Gasteiger partial charge is 0.491 e. The van der Waals surface area contributed by atoms with Crippen LogP contribution in [0.25, 0.3) is 0 Å². The molecule has 1 aromatic rings. The van der Waals surface area contributed by atoms with Crippen LogP contribution in [-0.2, 0) is 6.54 Å². The zero-order chi connectivity index (χ0) is 15.7. The van der Waals surface area contributed by atoms with E-state index in [9.17, 15) is 4.39 Å². The molecular formula is C16H26FN3O. The summed E-state index contributed by atoms with van der Waals surface area (Å²) in [7, 11) is 1.73. The first-order valence-electron chi connectivity index (χ1n) is 7.42. The number of nitrogens with one attached hydrogen (secondary N) is 2. The van der Waals surface area contributed by atoms with Crippen molar-refractivity contribution < 1.29 is 9.13 Å². The van der Waals surface area contributed by atoms with Gasteiger partial charge in [-0.1, -0.05) is 19.9 Å². The van der Waals surface area contributed by atoms with E-state index in [2.05, 4.69) is 29.5 Å². The van der Waals surface area contributed by atoms with Crippen molar-refractivity contribution in [2.24, 2.45) is 10.9 Å². The highest BCUT2D eigenvalue weighted by atomic mass is 19.1. The van der Waals surface area contributed by atoms with Crippen LogP contribution < -0.4 is 15.4 Å². The Morgan fingerprint density at radius 2 is 2.10 bits per heavy atom. The fourth-order valence-corrected chi connectivity index (χ4v) is 1.81. The molecule has 0 aliphatic rings. The number of hydrogen-bond donors (Lipinski definition) is 2. The molecule has 0 radical (unpaired) electrons. The van der Waals surface area contributed by atoms with E-state index in [-0.39, 0.29) is 5.82 Å². The lowest BCUT2D eigenvalue weighted by Crippen LogP contribution is -2.37. The fraction of sp³-hybridized carbons (Fsp3) is 0.562. The minimum atomic E-state index is -0.334. The van der Waals surface area contributed by atoms with Crippen molar-refractivity contribution in [2.45, 2.75) is 33.7 Å². The van der Waals surface area contributed by atoms with Gasteiger partial charge in [0, 0.05) is 20.1 Å². The summed E-state index contributed by atoms with van der Waals surface area (Å²) in [5.41, 5.74) is 0.850. The Morgan fingerprint density at radius 1 is 1.33 bits per heavy atom. The van der Waals surface area contributed by atoms with Crippen LogP contribution in [0.1, 0.15) is 32.8 Å². The Labute approximate surface area is 126 Å². The highest BCUT2D eigenvalue weighted by Gasteiger charge is 2.05. The first-order valence-corrected chi connectivity index (χ1v) is 7.42. The van der Waals surface area contributed by atoms with Gasteiger partial charge in [0.1, 0.15) is 0 Å². The minimum absolute atomic E-state index is 0.292. The zero-order valence-electron chi connectivity index (χ0n) is 13.4. The topological polar surface area (TPSA) is 45.6 Å². The molecule has 0 unspecified atom stereocenters. The molecule has 0 heterocycles. The van der Waals surface area contributed by atoms with Crippen LogP contribution in [0, 0.1) is 11.7 Å². The lowest BCUT2D eigenvalue weighted by molar-refractivity contribution is 0.321. The highest BCUT2D eigenvalue weighted by molar-refractivity contribution is 5.79. The van der Waals surface area contributed by atoms with Crippen LogP contribution in [-0.4, -0.2) is 26.2 Å². The predicted octanol–water partition coefficient (Wildman–Crippen LogP) is 2.94. The van der Waals surface area contributed by atoms with Crippen molar-refractivity contribution in [3.8, 4) is 5.75 Å². The van der Waals surface area contributed by atoms with Gasteiger partial charge in [-0.2, -0.15) is 0 Å². The maximum atomic E-state index is 13.7. The summed E-state index contributed by atoms with van der Waals surface area (Å²) in [4.78, 5) is 4.15. The zero-order valence-corrected chi connectivity index (χ0v) is 13.4. The van der Waals surface area contributed by atoms with Gasteiger partial charge in [0.25, 0.3) is 0 Å². The van der Waals surface area contributed by atoms with E-state index in [1.807, 2.05) is 13.0 Å². The molecule has 0 saturated carbocycles. The van der Waals surface area contributed by atoms with Crippen molar-refractivity contribution in [1.82, 2.24) is 10.6 Å². The Kier molecular flexibility index (Phi) is 7.58. The predicted molar refractivity (Wildman–Crippen MR) is 85.2 cm³/mol. The van der Waals surface area contributed by atoms with Crippen molar-refractivity contribution in [2.75, 3.05) is 20.2 Å². The quantitative estimate of drug-likeness (QED) is 0.600. The normalized spacial score (nSPS) is 11.6. The molecule has 2 N–H and O–H groups in total. The first-order chi connectivity index (χ1) is 10.1. The second kappa shape index (κ2) is 9.21. The number of rotatable bonds is 7. The average molecular weight is 295 g/mol. The first kappa shape index (κ1) is 17.3. The Hall–Kier alpha value is -1.78. The lowest BCUT2D eigenvalue weighted by atomic mass is 10.1. The van der Waals surface area contributed by atoms with Gasteiger partial charge >= 0.3 is 0 Å². The van der Waals surface area contributed by atoms with Crippen LogP contribution in [0.2, 0.25) is 0 Å².